The molecule has 1 unspecified atom stereocenters. The zero-order chi connectivity index (χ0) is 12.4. The molecule has 98 valence electrons. The predicted molar refractivity (Wildman–Crippen MR) is 75.2 cm³/mol. The average molecular weight is 247 g/mol. The fraction of sp³-hybridized carbons (Fsp3) is 1.00. The molecule has 0 spiro atoms. The van der Waals surface area contributed by atoms with E-state index in [-0.39, 0.29) is 12.1 Å². The smallest absolute Gasteiger partial charge is 0.0610 e. The molecule has 0 amide bonds. The molecule has 0 saturated carbocycles. The van der Waals surface area contributed by atoms with Gasteiger partial charge in [-0.05, 0) is 31.3 Å². The summed E-state index contributed by atoms with van der Waals surface area (Å²) in [5.41, 5.74) is -0.105. The van der Waals surface area contributed by atoms with Crippen LogP contribution < -0.4 is 5.32 Å². The van der Waals surface area contributed by atoms with Gasteiger partial charge in [-0.2, -0.15) is 11.8 Å². The monoisotopic (exact) mass is 247 g/mol. The minimum absolute atomic E-state index is 0.105. The van der Waals surface area contributed by atoms with Gasteiger partial charge >= 0.3 is 0 Å². The zero-order valence-electron chi connectivity index (χ0n) is 11.4. The zero-order valence-corrected chi connectivity index (χ0v) is 12.2. The highest BCUT2D eigenvalue weighted by Crippen LogP contribution is 2.16. The minimum atomic E-state index is -0.105. The third-order valence-electron chi connectivity index (χ3n) is 2.68. The summed E-state index contributed by atoms with van der Waals surface area (Å²) in [7, 11) is 0. The molecule has 3 heteroatoms. The molecule has 2 N–H and O–H groups in total. The molecule has 16 heavy (non-hydrogen) atoms. The fourth-order valence-corrected chi connectivity index (χ4v) is 2.95. The average Bonchev–Trinajstić information content (AvgIpc) is 2.22. The molecule has 0 aliphatic heterocycles. The van der Waals surface area contributed by atoms with E-state index >= 15 is 0 Å². The normalized spacial score (nSPS) is 15.4. The quantitative estimate of drug-likeness (QED) is 0.582. The van der Waals surface area contributed by atoms with Crippen molar-refractivity contribution in [1.82, 2.24) is 5.32 Å². The predicted octanol–water partition coefficient (Wildman–Crippen LogP) is 3.05. The highest BCUT2D eigenvalue weighted by molar-refractivity contribution is 7.99. The summed E-state index contributed by atoms with van der Waals surface area (Å²) in [6, 6.07) is 0.433. The molecule has 0 heterocycles. The van der Waals surface area contributed by atoms with E-state index in [1.807, 2.05) is 11.8 Å². The summed E-state index contributed by atoms with van der Waals surface area (Å²) in [6.07, 6.45) is 5.01. The number of hydrogen-bond acceptors (Lipinski definition) is 3. The maximum atomic E-state index is 9.40. The minimum Gasteiger partial charge on any atom is -0.394 e. The van der Waals surface area contributed by atoms with Crippen LogP contribution in [-0.2, 0) is 0 Å². The highest BCUT2D eigenvalue weighted by atomic mass is 32.2. The maximum absolute atomic E-state index is 9.40. The molecule has 2 nitrogen and oxygen atoms in total. The maximum Gasteiger partial charge on any atom is 0.0610 e. The molecule has 0 fully saturated rings. The van der Waals surface area contributed by atoms with Crippen molar-refractivity contribution in [2.45, 2.75) is 65.0 Å². The van der Waals surface area contributed by atoms with Gasteiger partial charge in [-0.1, -0.05) is 33.6 Å². The number of rotatable bonds is 10. The molecule has 0 aliphatic carbocycles. The first-order valence-electron chi connectivity index (χ1n) is 6.50. The Morgan fingerprint density at radius 1 is 1.25 bits per heavy atom. The Morgan fingerprint density at radius 3 is 2.44 bits per heavy atom. The van der Waals surface area contributed by atoms with Crippen molar-refractivity contribution >= 4 is 11.8 Å². The van der Waals surface area contributed by atoms with Crippen molar-refractivity contribution in [3.8, 4) is 0 Å². The second kappa shape index (κ2) is 9.32. The van der Waals surface area contributed by atoms with Gasteiger partial charge in [0.05, 0.1) is 6.61 Å². The lowest BCUT2D eigenvalue weighted by Crippen LogP contribution is -2.49. The van der Waals surface area contributed by atoms with E-state index in [1.54, 1.807) is 0 Å². The van der Waals surface area contributed by atoms with Crippen molar-refractivity contribution in [3.05, 3.63) is 0 Å². The fourth-order valence-electron chi connectivity index (χ4n) is 1.75. The molecule has 1 atom stereocenters. The molecule has 0 radical (unpaired) electrons. The summed E-state index contributed by atoms with van der Waals surface area (Å²) in [6.45, 7) is 8.82. The van der Waals surface area contributed by atoms with Crippen molar-refractivity contribution < 1.29 is 5.11 Å². The summed E-state index contributed by atoms with van der Waals surface area (Å²) >= 11 is 2.01. The third kappa shape index (κ3) is 8.43. The molecule has 0 bridgehead atoms. The van der Waals surface area contributed by atoms with Gasteiger partial charge in [0, 0.05) is 11.6 Å². The van der Waals surface area contributed by atoms with Crippen LogP contribution in [-0.4, -0.2) is 34.8 Å². The molecular weight excluding hydrogens is 218 g/mol. The Kier molecular flexibility index (Phi) is 9.47. The van der Waals surface area contributed by atoms with Crippen LogP contribution in [0.3, 0.4) is 0 Å². The summed E-state index contributed by atoms with van der Waals surface area (Å²) in [5.74, 6) is 2.40. The molecule has 0 aromatic carbocycles. The largest absolute Gasteiger partial charge is 0.394 e. The lowest BCUT2D eigenvalue weighted by atomic mass is 9.99. The summed E-state index contributed by atoms with van der Waals surface area (Å²) in [5, 5.41) is 12.8. The SMILES string of the molecule is CCCCCSCCC(C)(CO)NC(C)C. The van der Waals surface area contributed by atoms with Gasteiger partial charge in [-0.25, -0.2) is 0 Å². The lowest BCUT2D eigenvalue weighted by molar-refractivity contribution is 0.162. The first kappa shape index (κ1) is 16.3. The van der Waals surface area contributed by atoms with Gasteiger partial charge in [0.25, 0.3) is 0 Å². The van der Waals surface area contributed by atoms with Crippen molar-refractivity contribution in [3.63, 3.8) is 0 Å². The van der Waals surface area contributed by atoms with Crippen LogP contribution in [0.4, 0.5) is 0 Å². The van der Waals surface area contributed by atoms with Crippen LogP contribution in [0.5, 0.6) is 0 Å². The van der Waals surface area contributed by atoms with Crippen LogP contribution in [0.25, 0.3) is 0 Å². The van der Waals surface area contributed by atoms with E-state index in [1.165, 1.54) is 25.0 Å². The first-order chi connectivity index (χ1) is 7.54. The van der Waals surface area contributed by atoms with E-state index in [0.29, 0.717) is 6.04 Å². The van der Waals surface area contributed by atoms with E-state index in [4.69, 9.17) is 0 Å². The van der Waals surface area contributed by atoms with Gasteiger partial charge in [-0.15, -0.1) is 0 Å². The Balaban J connectivity index is 3.61. The topological polar surface area (TPSA) is 32.3 Å². The number of thioether (sulfide) groups is 1. The van der Waals surface area contributed by atoms with Crippen molar-refractivity contribution in [1.29, 1.82) is 0 Å². The highest BCUT2D eigenvalue weighted by Gasteiger charge is 2.22. The Labute approximate surface area is 106 Å². The van der Waals surface area contributed by atoms with E-state index < -0.39 is 0 Å². The van der Waals surface area contributed by atoms with Crippen LogP contribution in [0.1, 0.15) is 53.4 Å². The van der Waals surface area contributed by atoms with Gasteiger partial charge in [0.15, 0.2) is 0 Å². The summed E-state index contributed by atoms with van der Waals surface area (Å²) in [4.78, 5) is 0. The number of aliphatic hydroxyl groups excluding tert-OH is 1. The first-order valence-corrected chi connectivity index (χ1v) is 7.66. The molecule has 0 aromatic heterocycles. The van der Waals surface area contributed by atoms with E-state index in [0.717, 1.165) is 12.2 Å². The van der Waals surface area contributed by atoms with Crippen LogP contribution in [0, 0.1) is 0 Å². The van der Waals surface area contributed by atoms with Gasteiger partial charge in [0.2, 0.25) is 0 Å². The van der Waals surface area contributed by atoms with E-state index in [2.05, 4.69) is 33.0 Å². The number of hydrogen-bond donors (Lipinski definition) is 2. The molecular formula is C13H29NOS. The van der Waals surface area contributed by atoms with Crippen molar-refractivity contribution in [2.24, 2.45) is 0 Å². The van der Waals surface area contributed by atoms with Gasteiger partial charge < -0.3 is 10.4 Å². The molecule has 0 rings (SSSR count). The van der Waals surface area contributed by atoms with Crippen molar-refractivity contribution in [2.75, 3.05) is 18.1 Å². The number of aliphatic hydroxyl groups is 1. The van der Waals surface area contributed by atoms with E-state index in [9.17, 15) is 5.11 Å². The van der Waals surface area contributed by atoms with Crippen LogP contribution in [0.2, 0.25) is 0 Å². The van der Waals surface area contributed by atoms with Gasteiger partial charge in [0.1, 0.15) is 0 Å². The number of unbranched alkanes of at least 4 members (excludes halogenated alkanes) is 2. The molecule has 0 aromatic rings. The molecule has 0 aliphatic rings. The third-order valence-corrected chi connectivity index (χ3v) is 3.75. The van der Waals surface area contributed by atoms with Crippen LogP contribution >= 0.6 is 11.8 Å². The Bertz CT molecular complexity index is 164. The molecule has 0 saturated heterocycles. The Hall–Kier alpha value is 0.270. The second-order valence-electron chi connectivity index (χ2n) is 5.09. The van der Waals surface area contributed by atoms with Crippen LogP contribution in [0.15, 0.2) is 0 Å². The second-order valence-corrected chi connectivity index (χ2v) is 6.31. The standard InChI is InChI=1S/C13H29NOS/c1-5-6-7-9-16-10-8-13(4,11-15)14-12(2)3/h12,14-15H,5-11H2,1-4H3. The number of nitrogens with one attached hydrogen (secondary N) is 1. The summed E-state index contributed by atoms with van der Waals surface area (Å²) < 4.78 is 0. The lowest BCUT2D eigenvalue weighted by Gasteiger charge is -2.31. The Morgan fingerprint density at radius 2 is 1.94 bits per heavy atom. The van der Waals surface area contributed by atoms with Gasteiger partial charge in [-0.3, -0.25) is 0 Å².